The van der Waals surface area contributed by atoms with Gasteiger partial charge in [-0.1, -0.05) is 6.07 Å². The third-order valence-electron chi connectivity index (χ3n) is 4.70. The van der Waals surface area contributed by atoms with Crippen LogP contribution >= 0.6 is 11.3 Å². The van der Waals surface area contributed by atoms with Crippen molar-refractivity contribution in [2.24, 2.45) is 0 Å². The molecule has 9 heteroatoms. The molecule has 1 aliphatic heterocycles. The minimum absolute atomic E-state index is 0.0681. The Morgan fingerprint density at radius 3 is 2.81 bits per heavy atom. The van der Waals surface area contributed by atoms with Gasteiger partial charge in [0.15, 0.2) is 5.82 Å². The van der Waals surface area contributed by atoms with Crippen molar-refractivity contribution in [1.29, 1.82) is 0 Å². The SMILES string of the molecule is Cc1c(C(=O)N2Cc3nnc(C)n3CC2C(=O)O)sc2cc(F)ccc12. The van der Waals surface area contributed by atoms with Crippen molar-refractivity contribution in [1.82, 2.24) is 19.7 Å². The third kappa shape index (κ3) is 2.47. The number of rotatable bonds is 2. The molecule has 1 aromatic carbocycles. The smallest absolute Gasteiger partial charge is 0.328 e. The van der Waals surface area contributed by atoms with Crippen LogP contribution in [-0.4, -0.2) is 42.7 Å². The highest BCUT2D eigenvalue weighted by molar-refractivity contribution is 7.21. The number of aryl methyl sites for hydroxylation is 2. The molecule has 134 valence electrons. The number of fused-ring (bicyclic) bond motifs is 2. The van der Waals surface area contributed by atoms with Crippen molar-refractivity contribution in [2.75, 3.05) is 0 Å². The normalized spacial score (nSPS) is 16.7. The van der Waals surface area contributed by atoms with Gasteiger partial charge in [0.2, 0.25) is 0 Å². The molecule has 2 aromatic heterocycles. The third-order valence-corrected chi connectivity index (χ3v) is 5.94. The molecule has 1 amide bonds. The van der Waals surface area contributed by atoms with Gasteiger partial charge in [-0.05, 0) is 36.9 Å². The molecule has 3 aromatic rings. The van der Waals surface area contributed by atoms with Crippen LogP contribution in [0.15, 0.2) is 18.2 Å². The van der Waals surface area contributed by atoms with Gasteiger partial charge in [-0.25, -0.2) is 9.18 Å². The highest BCUT2D eigenvalue weighted by Gasteiger charge is 2.37. The zero-order valence-corrected chi connectivity index (χ0v) is 14.9. The highest BCUT2D eigenvalue weighted by atomic mass is 32.1. The molecule has 0 spiro atoms. The van der Waals surface area contributed by atoms with Crippen molar-refractivity contribution < 1.29 is 19.1 Å². The number of nitrogens with zero attached hydrogens (tertiary/aromatic N) is 4. The highest BCUT2D eigenvalue weighted by Crippen LogP contribution is 2.33. The van der Waals surface area contributed by atoms with E-state index in [1.807, 2.05) is 0 Å². The number of carboxylic acids is 1. The molecule has 0 saturated heterocycles. The minimum Gasteiger partial charge on any atom is -0.480 e. The van der Waals surface area contributed by atoms with Gasteiger partial charge >= 0.3 is 5.97 Å². The first-order valence-electron chi connectivity index (χ1n) is 7.98. The van der Waals surface area contributed by atoms with E-state index in [2.05, 4.69) is 10.2 Å². The average Bonchev–Trinajstić information content (AvgIpc) is 3.13. The lowest BCUT2D eigenvalue weighted by atomic mass is 10.1. The molecule has 0 radical (unpaired) electrons. The predicted molar refractivity (Wildman–Crippen MR) is 92.6 cm³/mol. The number of carbonyl (C=O) groups excluding carboxylic acids is 1. The molecule has 7 nitrogen and oxygen atoms in total. The number of thiophene rings is 1. The summed E-state index contributed by atoms with van der Waals surface area (Å²) in [5.41, 5.74) is 0.724. The van der Waals surface area contributed by atoms with Crippen molar-refractivity contribution in [3.63, 3.8) is 0 Å². The Morgan fingerprint density at radius 1 is 1.31 bits per heavy atom. The Kier molecular flexibility index (Phi) is 3.76. The Bertz CT molecular complexity index is 1060. The molecule has 1 N–H and O–H groups in total. The number of carboxylic acid groups (broad SMARTS) is 1. The Balaban J connectivity index is 1.77. The second-order valence-electron chi connectivity index (χ2n) is 6.26. The second kappa shape index (κ2) is 5.87. The zero-order chi connectivity index (χ0) is 18.6. The molecular weight excluding hydrogens is 359 g/mol. The summed E-state index contributed by atoms with van der Waals surface area (Å²) in [6.45, 7) is 3.71. The van der Waals surface area contributed by atoms with E-state index in [1.54, 1.807) is 24.5 Å². The van der Waals surface area contributed by atoms with Gasteiger partial charge < -0.3 is 14.6 Å². The van der Waals surface area contributed by atoms with Crippen molar-refractivity contribution in [3.05, 3.63) is 46.1 Å². The maximum atomic E-state index is 13.5. The molecule has 0 aliphatic carbocycles. The van der Waals surface area contributed by atoms with Gasteiger partial charge in [0.1, 0.15) is 17.7 Å². The molecule has 26 heavy (non-hydrogen) atoms. The van der Waals surface area contributed by atoms with E-state index < -0.39 is 12.0 Å². The standard InChI is InChI=1S/C17H15FN4O3S/c1-8-11-4-3-10(18)5-13(11)26-15(8)16(23)22-7-14-20-19-9(2)21(14)6-12(22)17(24)25/h3-5,12H,6-7H2,1-2H3,(H,24,25). The first-order chi connectivity index (χ1) is 12.4. The summed E-state index contributed by atoms with van der Waals surface area (Å²) in [6.07, 6.45) is 0. The first kappa shape index (κ1) is 16.6. The first-order valence-corrected chi connectivity index (χ1v) is 8.79. The van der Waals surface area contributed by atoms with E-state index in [9.17, 15) is 19.1 Å². The maximum absolute atomic E-state index is 13.5. The van der Waals surface area contributed by atoms with Gasteiger partial charge in [-0.3, -0.25) is 4.79 Å². The topological polar surface area (TPSA) is 88.3 Å². The minimum atomic E-state index is -1.08. The Labute approximate surface area is 151 Å². The molecule has 1 unspecified atom stereocenters. The molecule has 0 fully saturated rings. The summed E-state index contributed by atoms with van der Waals surface area (Å²) in [5.74, 6) is -0.668. The van der Waals surface area contributed by atoms with Crippen molar-refractivity contribution >= 4 is 33.3 Å². The molecule has 4 rings (SSSR count). The fourth-order valence-electron chi connectivity index (χ4n) is 3.27. The van der Waals surface area contributed by atoms with Gasteiger partial charge in [0, 0.05) is 4.70 Å². The lowest BCUT2D eigenvalue weighted by Crippen LogP contribution is -2.50. The molecular formula is C17H15FN4O3S. The number of hydrogen-bond donors (Lipinski definition) is 1. The molecule has 3 heterocycles. The number of aliphatic carboxylic acids is 1. The molecule has 1 atom stereocenters. The van der Waals surface area contributed by atoms with E-state index in [0.29, 0.717) is 21.2 Å². The summed E-state index contributed by atoms with van der Waals surface area (Å²) < 4.78 is 15.9. The van der Waals surface area contributed by atoms with E-state index in [1.165, 1.54) is 28.4 Å². The number of amides is 1. The Morgan fingerprint density at radius 2 is 2.08 bits per heavy atom. The number of benzene rings is 1. The van der Waals surface area contributed by atoms with Gasteiger partial charge in [0.25, 0.3) is 5.91 Å². The zero-order valence-electron chi connectivity index (χ0n) is 14.1. The van der Waals surface area contributed by atoms with Crippen LogP contribution in [0.2, 0.25) is 0 Å². The van der Waals surface area contributed by atoms with Crippen LogP contribution in [0, 0.1) is 19.7 Å². The quantitative estimate of drug-likeness (QED) is 0.744. The summed E-state index contributed by atoms with van der Waals surface area (Å²) >= 11 is 1.17. The monoisotopic (exact) mass is 374 g/mol. The van der Waals surface area contributed by atoms with Crippen LogP contribution in [0.5, 0.6) is 0 Å². The van der Waals surface area contributed by atoms with Crippen LogP contribution in [-0.2, 0) is 17.9 Å². The van der Waals surface area contributed by atoms with Gasteiger partial charge in [0.05, 0.1) is 18.0 Å². The molecule has 1 aliphatic rings. The van der Waals surface area contributed by atoms with Crippen LogP contribution < -0.4 is 0 Å². The predicted octanol–water partition coefficient (Wildman–Crippen LogP) is 2.36. The van der Waals surface area contributed by atoms with E-state index in [-0.39, 0.29) is 24.8 Å². The van der Waals surface area contributed by atoms with E-state index in [0.717, 1.165) is 10.9 Å². The largest absolute Gasteiger partial charge is 0.480 e. The number of carbonyl (C=O) groups is 2. The fraction of sp³-hybridized carbons (Fsp3) is 0.294. The number of aromatic nitrogens is 3. The lowest BCUT2D eigenvalue weighted by Gasteiger charge is -2.33. The van der Waals surface area contributed by atoms with Crippen LogP contribution in [0.4, 0.5) is 4.39 Å². The van der Waals surface area contributed by atoms with Crippen LogP contribution in [0.1, 0.15) is 26.9 Å². The lowest BCUT2D eigenvalue weighted by molar-refractivity contribution is -0.143. The maximum Gasteiger partial charge on any atom is 0.328 e. The summed E-state index contributed by atoms with van der Waals surface area (Å²) in [5, 5.41) is 18.4. The molecule has 0 saturated carbocycles. The fourth-order valence-corrected chi connectivity index (χ4v) is 4.46. The van der Waals surface area contributed by atoms with Gasteiger partial charge in [-0.15, -0.1) is 21.5 Å². The average molecular weight is 374 g/mol. The van der Waals surface area contributed by atoms with E-state index in [4.69, 9.17) is 0 Å². The van der Waals surface area contributed by atoms with Crippen molar-refractivity contribution in [2.45, 2.75) is 33.0 Å². The second-order valence-corrected chi connectivity index (χ2v) is 7.31. The van der Waals surface area contributed by atoms with Gasteiger partial charge in [-0.2, -0.15) is 0 Å². The summed E-state index contributed by atoms with van der Waals surface area (Å²) in [7, 11) is 0. The summed E-state index contributed by atoms with van der Waals surface area (Å²) in [6, 6.07) is 3.36. The number of hydrogen-bond acceptors (Lipinski definition) is 5. The molecule has 0 bridgehead atoms. The number of halogens is 1. The summed E-state index contributed by atoms with van der Waals surface area (Å²) in [4.78, 5) is 26.6. The van der Waals surface area contributed by atoms with Crippen LogP contribution in [0.3, 0.4) is 0 Å². The Hall–Kier alpha value is -2.81. The van der Waals surface area contributed by atoms with E-state index >= 15 is 0 Å². The van der Waals surface area contributed by atoms with Crippen molar-refractivity contribution in [3.8, 4) is 0 Å². The van der Waals surface area contributed by atoms with Crippen LogP contribution in [0.25, 0.3) is 10.1 Å².